The van der Waals surface area contributed by atoms with Crippen molar-refractivity contribution < 1.29 is 28.7 Å². The first-order chi connectivity index (χ1) is 16.9. The van der Waals surface area contributed by atoms with Crippen LogP contribution in [0.15, 0.2) is 66.7 Å². The number of carbonyl (C=O) groups is 2. The van der Waals surface area contributed by atoms with Crippen LogP contribution in [0.25, 0.3) is 0 Å². The Kier molecular flexibility index (Phi) is 8.60. The van der Waals surface area contributed by atoms with Crippen molar-refractivity contribution in [1.82, 2.24) is 0 Å². The third-order valence-corrected chi connectivity index (χ3v) is 4.66. The van der Waals surface area contributed by atoms with Gasteiger partial charge in [-0.05, 0) is 32.0 Å². The van der Waals surface area contributed by atoms with Crippen molar-refractivity contribution >= 4 is 28.9 Å². The van der Waals surface area contributed by atoms with Crippen LogP contribution in [0.3, 0.4) is 0 Å². The normalized spacial score (nSPS) is 10.2. The summed E-state index contributed by atoms with van der Waals surface area (Å²) in [6, 6.07) is 17.6. The maximum atomic E-state index is 12.7. The Morgan fingerprint density at radius 3 is 1.97 bits per heavy atom. The molecule has 3 aromatic carbocycles. The average molecular weight is 479 g/mol. The molecule has 0 saturated carbocycles. The van der Waals surface area contributed by atoms with E-state index < -0.39 is 17.4 Å². The minimum atomic E-state index is -0.586. The van der Waals surface area contributed by atoms with Gasteiger partial charge in [-0.3, -0.25) is 19.7 Å². The molecular weight excluding hydrogens is 454 g/mol. The molecule has 0 aliphatic heterocycles. The molecule has 182 valence electrons. The number of nitro benzene ring substituents is 1. The number of ether oxygens (including phenoxy) is 3. The standard InChI is InChI=1S/C25H25N3O7/c1-3-33-22-15-19(27-25(30)17-10-6-5-7-11-17)23(34-4-2)14-18(22)26-24(29)16-35-21-13-9-8-12-20(21)28(31)32/h5-15H,3-4,16H2,1-2H3,(H,26,29)(H,27,30). The van der Waals surface area contributed by atoms with E-state index in [1.165, 1.54) is 24.3 Å². The summed E-state index contributed by atoms with van der Waals surface area (Å²) in [5, 5.41) is 16.6. The summed E-state index contributed by atoms with van der Waals surface area (Å²) >= 11 is 0. The van der Waals surface area contributed by atoms with E-state index in [0.717, 1.165) is 0 Å². The van der Waals surface area contributed by atoms with Gasteiger partial charge in [0.05, 0.1) is 29.5 Å². The fraction of sp³-hybridized carbons (Fsp3) is 0.200. The summed E-state index contributed by atoms with van der Waals surface area (Å²) in [6.07, 6.45) is 0. The third-order valence-electron chi connectivity index (χ3n) is 4.66. The second kappa shape index (κ2) is 12.0. The zero-order valence-corrected chi connectivity index (χ0v) is 19.3. The first-order valence-corrected chi connectivity index (χ1v) is 10.9. The summed E-state index contributed by atoms with van der Waals surface area (Å²) < 4.78 is 16.7. The molecule has 0 aromatic heterocycles. The minimum Gasteiger partial charge on any atom is -0.492 e. The third kappa shape index (κ3) is 6.70. The van der Waals surface area contributed by atoms with Crippen molar-refractivity contribution in [3.05, 3.63) is 82.4 Å². The molecule has 35 heavy (non-hydrogen) atoms. The molecule has 0 heterocycles. The predicted molar refractivity (Wildman–Crippen MR) is 130 cm³/mol. The number of hydrogen-bond donors (Lipinski definition) is 2. The van der Waals surface area contributed by atoms with E-state index >= 15 is 0 Å². The zero-order valence-electron chi connectivity index (χ0n) is 19.3. The summed E-state index contributed by atoms with van der Waals surface area (Å²) in [7, 11) is 0. The molecule has 0 aliphatic rings. The van der Waals surface area contributed by atoms with Gasteiger partial charge >= 0.3 is 5.69 Å². The van der Waals surface area contributed by atoms with Crippen molar-refractivity contribution in [1.29, 1.82) is 0 Å². The molecule has 0 unspecified atom stereocenters. The molecule has 0 fully saturated rings. The Balaban J connectivity index is 1.80. The lowest BCUT2D eigenvalue weighted by Gasteiger charge is -2.18. The van der Waals surface area contributed by atoms with Crippen molar-refractivity contribution in [2.75, 3.05) is 30.5 Å². The Bertz CT molecular complexity index is 1200. The van der Waals surface area contributed by atoms with Gasteiger partial charge in [-0.25, -0.2) is 0 Å². The number of anilines is 2. The summed E-state index contributed by atoms with van der Waals surface area (Å²) in [5.74, 6) is -0.281. The van der Waals surface area contributed by atoms with E-state index in [1.807, 2.05) is 6.07 Å². The number of hydrogen-bond acceptors (Lipinski definition) is 7. The number of carbonyl (C=O) groups excluding carboxylic acids is 2. The minimum absolute atomic E-state index is 0.0216. The van der Waals surface area contributed by atoms with Gasteiger partial charge in [0.2, 0.25) is 0 Å². The molecule has 2 amide bonds. The molecule has 2 N–H and O–H groups in total. The van der Waals surface area contributed by atoms with Gasteiger partial charge in [0, 0.05) is 23.8 Å². The largest absolute Gasteiger partial charge is 0.492 e. The van der Waals surface area contributed by atoms with E-state index in [-0.39, 0.29) is 17.3 Å². The Hall–Kier alpha value is -4.60. The first kappa shape index (κ1) is 25.0. The van der Waals surface area contributed by atoms with E-state index in [1.54, 1.807) is 50.2 Å². The molecule has 10 heteroatoms. The van der Waals surface area contributed by atoms with E-state index in [0.29, 0.717) is 41.7 Å². The van der Waals surface area contributed by atoms with E-state index in [2.05, 4.69) is 10.6 Å². The number of amides is 2. The van der Waals surface area contributed by atoms with Crippen molar-refractivity contribution in [3.8, 4) is 17.2 Å². The van der Waals surface area contributed by atoms with Crippen LogP contribution in [-0.2, 0) is 4.79 Å². The van der Waals surface area contributed by atoms with Crippen LogP contribution in [0.1, 0.15) is 24.2 Å². The van der Waals surface area contributed by atoms with Gasteiger partial charge in [-0.2, -0.15) is 0 Å². The summed E-state index contributed by atoms with van der Waals surface area (Å²) in [4.78, 5) is 35.8. The molecular formula is C25H25N3O7. The fourth-order valence-corrected chi connectivity index (χ4v) is 3.15. The van der Waals surface area contributed by atoms with Crippen molar-refractivity contribution in [3.63, 3.8) is 0 Å². The van der Waals surface area contributed by atoms with Crippen LogP contribution < -0.4 is 24.8 Å². The highest BCUT2D eigenvalue weighted by Gasteiger charge is 2.19. The monoisotopic (exact) mass is 479 g/mol. The highest BCUT2D eigenvalue weighted by Crippen LogP contribution is 2.37. The molecule has 0 spiro atoms. The average Bonchev–Trinajstić information content (AvgIpc) is 2.86. The number of nitro groups is 1. The molecule has 10 nitrogen and oxygen atoms in total. The van der Waals surface area contributed by atoms with Gasteiger partial charge in [-0.15, -0.1) is 0 Å². The quantitative estimate of drug-likeness (QED) is 0.302. The summed E-state index contributed by atoms with van der Waals surface area (Å²) in [6.45, 7) is 3.72. The lowest BCUT2D eigenvalue weighted by atomic mass is 10.2. The molecule has 0 aliphatic carbocycles. The highest BCUT2D eigenvalue weighted by atomic mass is 16.6. The Labute approximate surface area is 202 Å². The lowest BCUT2D eigenvalue weighted by Crippen LogP contribution is -2.21. The molecule has 0 bridgehead atoms. The SMILES string of the molecule is CCOc1cc(NC(=O)c2ccccc2)c(OCC)cc1NC(=O)COc1ccccc1[N+](=O)[O-]. The van der Waals surface area contributed by atoms with E-state index in [4.69, 9.17) is 14.2 Å². The fourth-order valence-electron chi connectivity index (χ4n) is 3.15. The zero-order chi connectivity index (χ0) is 25.2. The molecule has 0 saturated heterocycles. The second-order valence-electron chi connectivity index (χ2n) is 7.09. The predicted octanol–water partition coefficient (Wildman–Crippen LogP) is 4.66. The smallest absolute Gasteiger partial charge is 0.310 e. The maximum absolute atomic E-state index is 12.7. The van der Waals surface area contributed by atoms with Crippen LogP contribution in [0, 0.1) is 10.1 Å². The van der Waals surface area contributed by atoms with Crippen LogP contribution in [0.2, 0.25) is 0 Å². The number of nitrogens with one attached hydrogen (secondary N) is 2. The Morgan fingerprint density at radius 2 is 1.37 bits per heavy atom. The lowest BCUT2D eigenvalue weighted by molar-refractivity contribution is -0.385. The van der Waals surface area contributed by atoms with Crippen LogP contribution in [0.5, 0.6) is 17.2 Å². The van der Waals surface area contributed by atoms with Gasteiger partial charge in [0.1, 0.15) is 11.5 Å². The first-order valence-electron chi connectivity index (χ1n) is 10.9. The van der Waals surface area contributed by atoms with Gasteiger partial charge in [0.25, 0.3) is 11.8 Å². The maximum Gasteiger partial charge on any atom is 0.310 e. The Morgan fingerprint density at radius 1 is 0.800 bits per heavy atom. The number of benzene rings is 3. The molecule has 3 aromatic rings. The van der Waals surface area contributed by atoms with Crippen molar-refractivity contribution in [2.45, 2.75) is 13.8 Å². The number of nitrogens with zero attached hydrogens (tertiary/aromatic N) is 1. The number of para-hydroxylation sites is 2. The molecule has 0 atom stereocenters. The van der Waals surface area contributed by atoms with Crippen LogP contribution in [-0.4, -0.2) is 36.6 Å². The number of rotatable bonds is 11. The van der Waals surface area contributed by atoms with Gasteiger partial charge in [-0.1, -0.05) is 30.3 Å². The van der Waals surface area contributed by atoms with E-state index in [9.17, 15) is 19.7 Å². The summed E-state index contributed by atoms with van der Waals surface area (Å²) in [5.41, 5.74) is 0.896. The van der Waals surface area contributed by atoms with Crippen LogP contribution in [0.4, 0.5) is 17.1 Å². The van der Waals surface area contributed by atoms with Crippen molar-refractivity contribution in [2.24, 2.45) is 0 Å². The second-order valence-corrected chi connectivity index (χ2v) is 7.09. The highest BCUT2D eigenvalue weighted by molar-refractivity contribution is 6.05. The molecule has 3 rings (SSSR count). The molecule has 0 radical (unpaired) electrons. The van der Waals surface area contributed by atoms with Crippen LogP contribution >= 0.6 is 0 Å². The van der Waals surface area contributed by atoms with Gasteiger partial charge < -0.3 is 24.8 Å². The van der Waals surface area contributed by atoms with Gasteiger partial charge in [0.15, 0.2) is 12.4 Å². The topological polar surface area (TPSA) is 129 Å².